The van der Waals surface area contributed by atoms with Gasteiger partial charge < -0.3 is 10.2 Å². The first-order valence-electron chi connectivity index (χ1n) is 7.97. The van der Waals surface area contributed by atoms with Crippen molar-refractivity contribution in [1.29, 1.82) is 0 Å². The van der Waals surface area contributed by atoms with Gasteiger partial charge in [-0.25, -0.2) is 4.79 Å². The molecule has 1 aliphatic heterocycles. The number of para-hydroxylation sites is 1. The van der Waals surface area contributed by atoms with Crippen LogP contribution in [0.2, 0.25) is 0 Å². The van der Waals surface area contributed by atoms with E-state index in [1.54, 1.807) is 4.68 Å². The SMILES string of the molecule is Cc1cc(NC(=O)NCC2CCN(c3ccccc3)C2)n(C)n1. The van der Waals surface area contributed by atoms with Gasteiger partial charge in [-0.3, -0.25) is 10.00 Å². The number of nitrogens with zero attached hydrogens (tertiary/aromatic N) is 3. The molecule has 6 nitrogen and oxygen atoms in total. The largest absolute Gasteiger partial charge is 0.371 e. The third-order valence-electron chi connectivity index (χ3n) is 4.20. The van der Waals surface area contributed by atoms with E-state index in [-0.39, 0.29) is 6.03 Å². The lowest BCUT2D eigenvalue weighted by molar-refractivity contribution is 0.250. The summed E-state index contributed by atoms with van der Waals surface area (Å²) in [6.45, 7) is 4.61. The van der Waals surface area contributed by atoms with Crippen LogP contribution in [-0.4, -0.2) is 35.4 Å². The third kappa shape index (κ3) is 3.83. The van der Waals surface area contributed by atoms with Crippen LogP contribution >= 0.6 is 0 Å². The highest BCUT2D eigenvalue weighted by molar-refractivity contribution is 5.88. The number of urea groups is 1. The Hall–Kier alpha value is -2.50. The summed E-state index contributed by atoms with van der Waals surface area (Å²) >= 11 is 0. The van der Waals surface area contributed by atoms with Gasteiger partial charge in [0.25, 0.3) is 0 Å². The molecule has 1 atom stereocenters. The number of nitrogens with one attached hydrogen (secondary N) is 2. The lowest BCUT2D eigenvalue weighted by atomic mass is 10.1. The van der Waals surface area contributed by atoms with Crippen molar-refractivity contribution >= 4 is 17.5 Å². The molecule has 1 aromatic heterocycles. The number of carbonyl (C=O) groups is 1. The van der Waals surface area contributed by atoms with E-state index in [0.29, 0.717) is 18.3 Å². The Bertz CT molecular complexity index is 667. The van der Waals surface area contributed by atoms with Crippen LogP contribution < -0.4 is 15.5 Å². The maximum atomic E-state index is 12.0. The first-order valence-corrected chi connectivity index (χ1v) is 7.97. The fourth-order valence-corrected chi connectivity index (χ4v) is 3.00. The van der Waals surface area contributed by atoms with Gasteiger partial charge >= 0.3 is 6.03 Å². The number of aryl methyl sites for hydroxylation is 2. The van der Waals surface area contributed by atoms with E-state index >= 15 is 0 Å². The standard InChI is InChI=1S/C17H23N5O/c1-13-10-16(21(2)20-13)19-17(23)18-11-14-8-9-22(12-14)15-6-4-3-5-7-15/h3-7,10,14H,8-9,11-12H2,1-2H3,(H2,18,19,23). The summed E-state index contributed by atoms with van der Waals surface area (Å²) in [5, 5.41) is 10.0. The molecule has 1 unspecified atom stereocenters. The normalized spacial score (nSPS) is 17.3. The predicted octanol–water partition coefficient (Wildman–Crippen LogP) is 2.38. The first kappa shape index (κ1) is 15.4. The van der Waals surface area contributed by atoms with Crippen LogP contribution in [0.15, 0.2) is 36.4 Å². The van der Waals surface area contributed by atoms with Crippen LogP contribution in [0.4, 0.5) is 16.3 Å². The number of anilines is 2. The maximum absolute atomic E-state index is 12.0. The Kier molecular flexibility index (Phi) is 4.50. The fraction of sp³-hybridized carbons (Fsp3) is 0.412. The second kappa shape index (κ2) is 6.73. The molecule has 1 aromatic carbocycles. The Morgan fingerprint density at radius 2 is 2.13 bits per heavy atom. The molecule has 0 spiro atoms. The fourth-order valence-electron chi connectivity index (χ4n) is 3.00. The molecule has 0 bridgehead atoms. The molecule has 2 N–H and O–H groups in total. The summed E-state index contributed by atoms with van der Waals surface area (Å²) in [7, 11) is 1.82. The van der Waals surface area contributed by atoms with Gasteiger partial charge in [0, 0.05) is 38.4 Å². The average Bonchev–Trinajstić information content (AvgIpc) is 3.13. The van der Waals surface area contributed by atoms with Gasteiger partial charge in [-0.1, -0.05) is 18.2 Å². The second-order valence-corrected chi connectivity index (χ2v) is 6.07. The summed E-state index contributed by atoms with van der Waals surface area (Å²) in [4.78, 5) is 14.4. The van der Waals surface area contributed by atoms with E-state index < -0.39 is 0 Å². The predicted molar refractivity (Wildman–Crippen MR) is 91.7 cm³/mol. The lowest BCUT2D eigenvalue weighted by Crippen LogP contribution is -2.34. The van der Waals surface area contributed by atoms with Crippen LogP contribution in [0.1, 0.15) is 12.1 Å². The van der Waals surface area contributed by atoms with Gasteiger partial charge in [-0.2, -0.15) is 5.10 Å². The van der Waals surface area contributed by atoms with E-state index in [0.717, 1.165) is 25.2 Å². The summed E-state index contributed by atoms with van der Waals surface area (Å²) in [5.41, 5.74) is 2.14. The van der Waals surface area contributed by atoms with Crippen molar-refractivity contribution < 1.29 is 4.79 Å². The number of benzene rings is 1. The molecular formula is C17H23N5O. The van der Waals surface area contributed by atoms with Crippen LogP contribution in [0.3, 0.4) is 0 Å². The third-order valence-corrected chi connectivity index (χ3v) is 4.20. The molecule has 3 rings (SSSR count). The van der Waals surface area contributed by atoms with Gasteiger partial charge in [-0.05, 0) is 31.4 Å². The molecule has 122 valence electrons. The Morgan fingerprint density at radius 1 is 1.35 bits per heavy atom. The van der Waals surface area contributed by atoms with E-state index in [2.05, 4.69) is 44.9 Å². The number of carbonyl (C=O) groups excluding carboxylic acids is 1. The van der Waals surface area contributed by atoms with Crippen molar-refractivity contribution in [3.8, 4) is 0 Å². The van der Waals surface area contributed by atoms with Crippen LogP contribution in [0.5, 0.6) is 0 Å². The van der Waals surface area contributed by atoms with Crippen molar-refractivity contribution in [2.75, 3.05) is 29.9 Å². The minimum absolute atomic E-state index is 0.175. The Morgan fingerprint density at radius 3 is 2.83 bits per heavy atom. The summed E-state index contributed by atoms with van der Waals surface area (Å²) in [6, 6.07) is 12.1. The molecule has 0 aliphatic carbocycles. The van der Waals surface area contributed by atoms with Gasteiger partial charge in [0.05, 0.1) is 5.69 Å². The zero-order chi connectivity index (χ0) is 16.2. The molecule has 2 heterocycles. The smallest absolute Gasteiger partial charge is 0.320 e. The van der Waals surface area contributed by atoms with Crippen LogP contribution in [0.25, 0.3) is 0 Å². The van der Waals surface area contributed by atoms with Crippen molar-refractivity contribution in [2.45, 2.75) is 13.3 Å². The molecule has 1 saturated heterocycles. The molecule has 1 fully saturated rings. The van der Waals surface area contributed by atoms with Crippen molar-refractivity contribution in [2.24, 2.45) is 13.0 Å². The van der Waals surface area contributed by atoms with Crippen molar-refractivity contribution in [3.05, 3.63) is 42.1 Å². The highest BCUT2D eigenvalue weighted by Gasteiger charge is 2.23. The number of amides is 2. The van der Waals surface area contributed by atoms with E-state index in [1.807, 2.05) is 26.1 Å². The highest BCUT2D eigenvalue weighted by Crippen LogP contribution is 2.22. The summed E-state index contributed by atoms with van der Waals surface area (Å²) < 4.78 is 1.67. The van der Waals surface area contributed by atoms with E-state index in [1.165, 1.54) is 5.69 Å². The van der Waals surface area contributed by atoms with Crippen molar-refractivity contribution in [3.63, 3.8) is 0 Å². The minimum atomic E-state index is -0.175. The zero-order valence-corrected chi connectivity index (χ0v) is 13.6. The molecular weight excluding hydrogens is 290 g/mol. The molecule has 23 heavy (non-hydrogen) atoms. The second-order valence-electron chi connectivity index (χ2n) is 6.07. The molecule has 6 heteroatoms. The average molecular weight is 313 g/mol. The van der Waals surface area contributed by atoms with Crippen LogP contribution in [-0.2, 0) is 7.05 Å². The maximum Gasteiger partial charge on any atom is 0.320 e. The summed E-state index contributed by atoms with van der Waals surface area (Å²) in [6.07, 6.45) is 1.10. The summed E-state index contributed by atoms with van der Waals surface area (Å²) in [5.74, 6) is 1.19. The van der Waals surface area contributed by atoms with Gasteiger partial charge in [0.2, 0.25) is 0 Å². The van der Waals surface area contributed by atoms with Crippen LogP contribution in [0, 0.1) is 12.8 Å². The highest BCUT2D eigenvalue weighted by atomic mass is 16.2. The quantitative estimate of drug-likeness (QED) is 0.911. The number of rotatable bonds is 4. The molecule has 0 radical (unpaired) electrons. The molecule has 2 aromatic rings. The molecule has 1 aliphatic rings. The van der Waals surface area contributed by atoms with E-state index in [4.69, 9.17) is 0 Å². The van der Waals surface area contributed by atoms with E-state index in [9.17, 15) is 4.79 Å². The minimum Gasteiger partial charge on any atom is -0.371 e. The Labute approximate surface area is 136 Å². The molecule has 2 amide bonds. The van der Waals surface area contributed by atoms with Gasteiger partial charge in [0.15, 0.2) is 0 Å². The van der Waals surface area contributed by atoms with Gasteiger partial charge in [0.1, 0.15) is 5.82 Å². The Balaban J connectivity index is 1.46. The zero-order valence-electron chi connectivity index (χ0n) is 13.6. The monoisotopic (exact) mass is 313 g/mol. The number of hydrogen-bond acceptors (Lipinski definition) is 3. The first-order chi connectivity index (χ1) is 11.1. The van der Waals surface area contributed by atoms with Crippen molar-refractivity contribution in [1.82, 2.24) is 15.1 Å². The lowest BCUT2D eigenvalue weighted by Gasteiger charge is -2.18. The molecule has 0 saturated carbocycles. The topological polar surface area (TPSA) is 62.2 Å². The number of hydrogen-bond donors (Lipinski definition) is 2. The van der Waals surface area contributed by atoms with Gasteiger partial charge in [-0.15, -0.1) is 0 Å². The number of aromatic nitrogens is 2.